The number of hydrogen-bond donors (Lipinski definition) is 2. The molecule has 6 atom stereocenters. The number of fused-ring (bicyclic) bond motifs is 4. The maximum absolute atomic E-state index is 15.3. The van der Waals surface area contributed by atoms with Crippen LogP contribution in [0.2, 0.25) is 0 Å². The van der Waals surface area contributed by atoms with Crippen molar-refractivity contribution in [1.82, 2.24) is 5.01 Å². The molecule has 2 aliphatic carbocycles. The van der Waals surface area contributed by atoms with Crippen LogP contribution < -0.4 is 15.1 Å². The molecule has 4 amide bonds. The number of rotatable bonds is 6. The highest BCUT2D eigenvalue weighted by Gasteiger charge is 2.70. The summed E-state index contributed by atoms with van der Waals surface area (Å²) in [5, 5.41) is 12.0. The summed E-state index contributed by atoms with van der Waals surface area (Å²) >= 11 is 2.04. The second kappa shape index (κ2) is 12.1. The molecule has 0 spiro atoms. The molecule has 0 bridgehead atoms. The number of amides is 4. The van der Waals surface area contributed by atoms with Gasteiger partial charge in [-0.25, -0.2) is 0 Å². The molecule has 3 fully saturated rings. The molecule has 2 saturated heterocycles. The Morgan fingerprint density at radius 2 is 1.54 bits per heavy atom. The van der Waals surface area contributed by atoms with E-state index in [1.807, 2.05) is 102 Å². The maximum Gasteiger partial charge on any atom is 0.260 e. The van der Waals surface area contributed by atoms with Crippen LogP contribution in [-0.4, -0.2) is 40.9 Å². The fraction of sp³-hybridized carbons (Fsp3) is 0.250. The normalized spacial score (nSPS) is 27.1. The molecule has 10 heteroatoms. The number of hydrazine groups is 1. The smallest absolute Gasteiger partial charge is 0.260 e. The van der Waals surface area contributed by atoms with Crippen LogP contribution in [0, 0.1) is 34.2 Å². The molecule has 4 aromatic rings. The van der Waals surface area contributed by atoms with E-state index in [2.05, 4.69) is 5.43 Å². The van der Waals surface area contributed by atoms with Crippen molar-refractivity contribution in [2.45, 2.75) is 31.1 Å². The first-order valence-electron chi connectivity index (χ1n) is 16.6. The minimum Gasteiger partial charge on any atom is -0.504 e. The molecule has 252 valence electrons. The molecule has 4 aromatic carbocycles. The van der Waals surface area contributed by atoms with E-state index >= 15 is 4.79 Å². The molecule has 1 saturated carbocycles. The average molecular weight is 780 g/mol. The summed E-state index contributed by atoms with van der Waals surface area (Å²) in [5.74, 6) is -4.57. The Bertz CT molecular complexity index is 2090. The SMILES string of the molecule is COc1cc(C2C3=CCC4C(=O)N(c5ccccc5)C(=O)C4C3CC3C(=O)N(Nc4ccc(C)cc4)C(=O)C32c2ccccc2)cc(I)c1O. The number of ether oxygens (including phenoxy) is 1. The number of hydrogen-bond acceptors (Lipinski definition) is 7. The Balaban J connectivity index is 1.35. The van der Waals surface area contributed by atoms with Crippen molar-refractivity contribution < 1.29 is 29.0 Å². The fourth-order valence-electron chi connectivity index (χ4n) is 8.87. The van der Waals surface area contributed by atoms with Gasteiger partial charge < -0.3 is 9.84 Å². The van der Waals surface area contributed by atoms with E-state index in [0.717, 1.165) is 16.1 Å². The molecule has 2 N–H and O–H groups in total. The molecular formula is C40H34IN3O6. The first-order chi connectivity index (χ1) is 24.2. The molecule has 6 unspecified atom stereocenters. The highest BCUT2D eigenvalue weighted by atomic mass is 127. The number of nitrogens with zero attached hydrogens (tertiary/aromatic N) is 2. The number of phenols is 1. The quantitative estimate of drug-likeness (QED) is 0.130. The molecule has 9 nitrogen and oxygen atoms in total. The molecule has 4 aliphatic rings. The number of para-hydroxylation sites is 1. The number of benzene rings is 4. The molecule has 0 radical (unpaired) electrons. The topological polar surface area (TPSA) is 116 Å². The number of anilines is 2. The van der Waals surface area contributed by atoms with Gasteiger partial charge in [0.2, 0.25) is 11.8 Å². The van der Waals surface area contributed by atoms with Crippen LogP contribution in [0.5, 0.6) is 11.5 Å². The van der Waals surface area contributed by atoms with Crippen molar-refractivity contribution in [2.24, 2.45) is 23.7 Å². The zero-order valence-electron chi connectivity index (χ0n) is 27.4. The van der Waals surface area contributed by atoms with Crippen LogP contribution >= 0.6 is 22.6 Å². The lowest BCUT2D eigenvalue weighted by molar-refractivity contribution is -0.138. The highest BCUT2D eigenvalue weighted by Crippen LogP contribution is 2.64. The molecule has 0 aromatic heterocycles. The van der Waals surface area contributed by atoms with Gasteiger partial charge in [-0.05, 0) is 95.8 Å². The summed E-state index contributed by atoms with van der Waals surface area (Å²) in [4.78, 5) is 59.8. The van der Waals surface area contributed by atoms with Gasteiger partial charge in [0.05, 0.1) is 45.2 Å². The average Bonchev–Trinajstić information content (AvgIpc) is 3.51. The van der Waals surface area contributed by atoms with Crippen molar-refractivity contribution in [2.75, 3.05) is 17.4 Å². The number of phenolic OH excluding ortho intramolecular Hbond substituents is 1. The standard InChI is InChI=1S/C40H34IN3O6/c1-22-13-15-25(16-14-22)42-44-37(47)30-21-29-27(17-18-28-33(29)38(48)43(36(28)46)26-11-7-4-8-12-26)34(23-19-31(41)35(45)32(20-23)50-2)40(30,39(44)49)24-9-5-3-6-10-24/h3-17,19-20,28-30,33-34,42,45H,18,21H2,1-2H3. The van der Waals surface area contributed by atoms with Gasteiger partial charge in [-0.15, -0.1) is 0 Å². The minimum atomic E-state index is -1.42. The van der Waals surface area contributed by atoms with Crippen LogP contribution in [0.3, 0.4) is 0 Å². The van der Waals surface area contributed by atoms with Crippen molar-refractivity contribution >= 4 is 57.6 Å². The summed E-state index contributed by atoms with van der Waals surface area (Å²) in [6.45, 7) is 1.96. The number of methoxy groups -OCH3 is 1. The molecule has 2 aliphatic heterocycles. The third kappa shape index (κ3) is 4.64. The Morgan fingerprint density at radius 1 is 0.860 bits per heavy atom. The van der Waals surface area contributed by atoms with Crippen molar-refractivity contribution in [3.05, 3.63) is 129 Å². The van der Waals surface area contributed by atoms with Gasteiger partial charge >= 0.3 is 0 Å². The second-order valence-corrected chi connectivity index (χ2v) is 14.7. The summed E-state index contributed by atoms with van der Waals surface area (Å²) in [5.41, 5.74) is 6.02. The minimum absolute atomic E-state index is 0.0289. The van der Waals surface area contributed by atoms with Crippen LogP contribution in [0.1, 0.15) is 35.4 Å². The van der Waals surface area contributed by atoms with E-state index < -0.39 is 46.8 Å². The van der Waals surface area contributed by atoms with Crippen LogP contribution in [0.15, 0.2) is 109 Å². The molecule has 8 rings (SSSR count). The van der Waals surface area contributed by atoms with Gasteiger partial charge in [0.15, 0.2) is 11.5 Å². The summed E-state index contributed by atoms with van der Waals surface area (Å²) in [7, 11) is 1.47. The number of aromatic hydroxyl groups is 1. The summed E-state index contributed by atoms with van der Waals surface area (Å²) in [6.07, 6.45) is 2.54. The first-order valence-corrected chi connectivity index (χ1v) is 17.7. The van der Waals surface area contributed by atoms with Crippen LogP contribution in [0.25, 0.3) is 0 Å². The van der Waals surface area contributed by atoms with Gasteiger partial charge in [0.1, 0.15) is 0 Å². The lowest BCUT2D eigenvalue weighted by Gasteiger charge is -2.50. The number of halogens is 1. The molecule has 50 heavy (non-hydrogen) atoms. The third-order valence-electron chi connectivity index (χ3n) is 11.0. The maximum atomic E-state index is 15.3. The van der Waals surface area contributed by atoms with Gasteiger partial charge in [-0.3, -0.25) is 29.5 Å². The van der Waals surface area contributed by atoms with E-state index in [1.165, 1.54) is 12.0 Å². The number of carbonyl (C=O) groups is 4. The van der Waals surface area contributed by atoms with E-state index in [1.54, 1.807) is 30.3 Å². The lowest BCUT2D eigenvalue weighted by atomic mass is 9.49. The zero-order chi connectivity index (χ0) is 34.9. The van der Waals surface area contributed by atoms with E-state index in [9.17, 15) is 19.5 Å². The van der Waals surface area contributed by atoms with E-state index in [4.69, 9.17) is 4.74 Å². The number of carbonyl (C=O) groups excluding carboxylic acids is 4. The Labute approximate surface area is 303 Å². The number of imide groups is 2. The van der Waals surface area contributed by atoms with Gasteiger partial charge in [-0.1, -0.05) is 77.9 Å². The van der Waals surface area contributed by atoms with Gasteiger partial charge in [0, 0.05) is 5.92 Å². The largest absolute Gasteiger partial charge is 0.504 e. The Hall–Kier alpha value is -4.97. The first kappa shape index (κ1) is 32.2. The van der Waals surface area contributed by atoms with E-state index in [0.29, 0.717) is 32.5 Å². The number of allylic oxidation sites excluding steroid dienone is 2. The highest BCUT2D eigenvalue weighted by molar-refractivity contribution is 14.1. The van der Waals surface area contributed by atoms with E-state index in [-0.39, 0.29) is 29.7 Å². The predicted octanol–water partition coefficient (Wildman–Crippen LogP) is 6.50. The Kier molecular flexibility index (Phi) is 7.81. The zero-order valence-corrected chi connectivity index (χ0v) is 29.5. The third-order valence-corrected chi connectivity index (χ3v) is 11.8. The van der Waals surface area contributed by atoms with Gasteiger partial charge in [0.25, 0.3) is 11.8 Å². The van der Waals surface area contributed by atoms with Crippen LogP contribution in [0.4, 0.5) is 11.4 Å². The van der Waals surface area contributed by atoms with Crippen molar-refractivity contribution in [3.8, 4) is 11.5 Å². The molecule has 2 heterocycles. The lowest BCUT2D eigenvalue weighted by Crippen LogP contribution is -2.53. The second-order valence-electron chi connectivity index (χ2n) is 13.5. The molecular weight excluding hydrogens is 745 g/mol. The summed E-state index contributed by atoms with van der Waals surface area (Å²) < 4.78 is 6.13. The van der Waals surface area contributed by atoms with Crippen LogP contribution in [-0.2, 0) is 24.6 Å². The fourth-order valence-corrected chi connectivity index (χ4v) is 9.50. The van der Waals surface area contributed by atoms with Gasteiger partial charge in [-0.2, -0.15) is 5.01 Å². The number of nitrogens with one attached hydrogen (secondary N) is 1. The Morgan fingerprint density at radius 3 is 2.22 bits per heavy atom. The predicted molar refractivity (Wildman–Crippen MR) is 195 cm³/mol. The summed E-state index contributed by atoms with van der Waals surface area (Å²) in [6, 6.07) is 29.3. The monoisotopic (exact) mass is 779 g/mol. The number of aryl methyl sites for hydroxylation is 1. The van der Waals surface area contributed by atoms with Crippen molar-refractivity contribution in [1.29, 1.82) is 0 Å². The van der Waals surface area contributed by atoms with Crippen molar-refractivity contribution in [3.63, 3.8) is 0 Å².